The number of nitrogens with zero attached hydrogens (tertiary/aromatic N) is 4. The molecule has 196 valence electrons. The number of rotatable bonds is 5. The Morgan fingerprint density at radius 2 is 1.65 bits per heavy atom. The van der Waals surface area contributed by atoms with Crippen LogP contribution in [0.25, 0.3) is 11.4 Å². The number of aryl methyl sites for hydroxylation is 1. The Morgan fingerprint density at radius 3 is 2.27 bits per heavy atom. The van der Waals surface area contributed by atoms with E-state index in [4.69, 9.17) is 9.72 Å². The van der Waals surface area contributed by atoms with Crippen molar-refractivity contribution in [2.24, 2.45) is 0 Å². The van der Waals surface area contributed by atoms with Gasteiger partial charge in [0.15, 0.2) is 15.7 Å². The van der Waals surface area contributed by atoms with E-state index in [9.17, 15) is 13.2 Å². The van der Waals surface area contributed by atoms with Crippen molar-refractivity contribution in [2.45, 2.75) is 44.6 Å². The van der Waals surface area contributed by atoms with Crippen molar-refractivity contribution in [1.82, 2.24) is 14.9 Å². The molecule has 3 aromatic rings. The van der Waals surface area contributed by atoms with E-state index in [-0.39, 0.29) is 6.09 Å². The van der Waals surface area contributed by atoms with Crippen molar-refractivity contribution < 1.29 is 17.9 Å². The summed E-state index contributed by atoms with van der Waals surface area (Å²) in [5, 5.41) is 0. The quantitative estimate of drug-likeness (QED) is 0.487. The summed E-state index contributed by atoms with van der Waals surface area (Å²) in [6, 6.07) is 15.0. The van der Waals surface area contributed by atoms with E-state index in [2.05, 4.69) is 9.88 Å². The Balaban J connectivity index is 1.53. The predicted octanol–water partition coefficient (Wildman–Crippen LogP) is 4.50. The van der Waals surface area contributed by atoms with E-state index in [1.165, 1.54) is 6.26 Å². The molecule has 0 radical (unpaired) electrons. The molecule has 1 aromatic heterocycles. The zero-order valence-corrected chi connectivity index (χ0v) is 22.9. The summed E-state index contributed by atoms with van der Waals surface area (Å²) in [5.74, 6) is 1.50. The van der Waals surface area contributed by atoms with Crippen molar-refractivity contribution in [3.05, 3.63) is 71.4 Å². The van der Waals surface area contributed by atoms with E-state index in [1.807, 2.05) is 70.3 Å². The normalized spacial score (nSPS) is 14.5. The fourth-order valence-electron chi connectivity index (χ4n) is 4.28. The Morgan fingerprint density at radius 1 is 1.00 bits per heavy atom. The van der Waals surface area contributed by atoms with Crippen LogP contribution in [0.3, 0.4) is 0 Å². The van der Waals surface area contributed by atoms with Gasteiger partial charge < -0.3 is 14.5 Å². The SMILES string of the molecule is Cc1cnc(-c2ccccc2Cc2ccc(S(C)(=O)=O)cc2)nc1N1CCN(C(=O)OC(C)(C)C)CC1. The van der Waals surface area contributed by atoms with Crippen LogP contribution in [0, 0.1) is 6.92 Å². The van der Waals surface area contributed by atoms with Gasteiger partial charge in [0.05, 0.1) is 4.90 Å². The minimum absolute atomic E-state index is 0.286. The monoisotopic (exact) mass is 522 g/mol. The zero-order valence-electron chi connectivity index (χ0n) is 22.1. The van der Waals surface area contributed by atoms with Crippen molar-refractivity contribution in [3.8, 4) is 11.4 Å². The second-order valence-electron chi connectivity index (χ2n) is 10.4. The van der Waals surface area contributed by atoms with Gasteiger partial charge in [-0.25, -0.2) is 23.2 Å². The maximum absolute atomic E-state index is 12.4. The van der Waals surface area contributed by atoms with Crippen LogP contribution in [0.1, 0.15) is 37.5 Å². The summed E-state index contributed by atoms with van der Waals surface area (Å²) in [5.41, 5.74) is 3.45. The van der Waals surface area contributed by atoms with Crippen LogP contribution in [0.2, 0.25) is 0 Å². The third-order valence-electron chi connectivity index (χ3n) is 6.18. The minimum atomic E-state index is -3.23. The van der Waals surface area contributed by atoms with Crippen molar-refractivity contribution >= 4 is 21.7 Å². The number of piperazine rings is 1. The number of aromatic nitrogens is 2. The fourth-order valence-corrected chi connectivity index (χ4v) is 4.91. The van der Waals surface area contributed by atoms with Crippen LogP contribution < -0.4 is 4.90 Å². The van der Waals surface area contributed by atoms with Gasteiger partial charge in [-0.15, -0.1) is 0 Å². The Kier molecular flexibility index (Phi) is 7.54. The first kappa shape index (κ1) is 26.6. The molecule has 37 heavy (non-hydrogen) atoms. The molecular weight excluding hydrogens is 488 g/mol. The topological polar surface area (TPSA) is 92.7 Å². The summed E-state index contributed by atoms with van der Waals surface area (Å²) in [4.78, 5) is 26.3. The van der Waals surface area contributed by atoms with Crippen molar-refractivity contribution in [2.75, 3.05) is 37.3 Å². The van der Waals surface area contributed by atoms with E-state index in [1.54, 1.807) is 17.0 Å². The average Bonchev–Trinajstić information content (AvgIpc) is 2.84. The largest absolute Gasteiger partial charge is 0.444 e. The third kappa shape index (κ3) is 6.65. The van der Waals surface area contributed by atoms with E-state index < -0.39 is 15.4 Å². The average molecular weight is 523 g/mol. The smallest absolute Gasteiger partial charge is 0.410 e. The maximum Gasteiger partial charge on any atom is 0.410 e. The molecule has 1 amide bonds. The minimum Gasteiger partial charge on any atom is -0.444 e. The zero-order chi connectivity index (χ0) is 26.8. The van der Waals surface area contributed by atoms with Gasteiger partial charge in [-0.05, 0) is 57.4 Å². The van der Waals surface area contributed by atoms with E-state index in [0.29, 0.717) is 43.3 Å². The van der Waals surface area contributed by atoms with Crippen molar-refractivity contribution in [3.63, 3.8) is 0 Å². The molecule has 2 heterocycles. The van der Waals surface area contributed by atoms with Gasteiger partial charge in [-0.1, -0.05) is 36.4 Å². The summed E-state index contributed by atoms with van der Waals surface area (Å²) in [6.45, 7) is 10.0. The van der Waals surface area contributed by atoms with Crippen LogP contribution in [0.15, 0.2) is 59.6 Å². The number of carbonyl (C=O) groups is 1. The lowest BCUT2D eigenvalue weighted by atomic mass is 9.99. The molecule has 1 aliphatic rings. The lowest BCUT2D eigenvalue weighted by molar-refractivity contribution is 0.0240. The molecule has 1 saturated heterocycles. The second kappa shape index (κ2) is 10.5. The molecular formula is C28H34N4O4S. The molecule has 8 nitrogen and oxygen atoms in total. The van der Waals surface area contributed by atoms with Gasteiger partial charge in [0, 0.05) is 49.8 Å². The molecule has 0 N–H and O–H groups in total. The first-order chi connectivity index (χ1) is 17.4. The third-order valence-corrected chi connectivity index (χ3v) is 7.31. The number of anilines is 1. The van der Waals surface area contributed by atoms with Gasteiger partial charge in [-0.2, -0.15) is 0 Å². The van der Waals surface area contributed by atoms with E-state index in [0.717, 1.165) is 28.1 Å². The highest BCUT2D eigenvalue weighted by molar-refractivity contribution is 7.90. The molecule has 4 rings (SSSR count). The van der Waals surface area contributed by atoms with Gasteiger partial charge in [0.1, 0.15) is 11.4 Å². The standard InChI is InChI=1S/C28H34N4O4S/c1-20-19-29-25(30-26(20)31-14-16-32(17-15-31)27(33)36-28(2,3)4)24-9-7-6-8-22(24)18-21-10-12-23(13-11-21)37(5,34)35/h6-13,19H,14-18H2,1-5H3. The summed E-state index contributed by atoms with van der Waals surface area (Å²) in [7, 11) is -3.23. The van der Waals surface area contributed by atoms with Gasteiger partial charge in [-0.3, -0.25) is 0 Å². The fraction of sp³-hybridized carbons (Fsp3) is 0.393. The van der Waals surface area contributed by atoms with Gasteiger partial charge >= 0.3 is 6.09 Å². The number of hydrogen-bond donors (Lipinski definition) is 0. The molecule has 1 fully saturated rings. The lowest BCUT2D eigenvalue weighted by Crippen LogP contribution is -2.50. The Labute approximate surface area is 219 Å². The number of hydrogen-bond acceptors (Lipinski definition) is 7. The summed E-state index contributed by atoms with van der Waals surface area (Å²) < 4.78 is 29.1. The molecule has 0 saturated carbocycles. The van der Waals surface area contributed by atoms with Crippen LogP contribution in [-0.4, -0.2) is 67.4 Å². The highest BCUT2D eigenvalue weighted by atomic mass is 32.2. The molecule has 9 heteroatoms. The van der Waals surface area contributed by atoms with Crippen LogP contribution in [0.5, 0.6) is 0 Å². The Hall–Kier alpha value is -3.46. The molecule has 2 aromatic carbocycles. The van der Waals surface area contributed by atoms with E-state index >= 15 is 0 Å². The van der Waals surface area contributed by atoms with Gasteiger partial charge in [0.25, 0.3) is 0 Å². The summed E-state index contributed by atoms with van der Waals surface area (Å²) in [6.07, 6.45) is 3.39. The first-order valence-corrected chi connectivity index (χ1v) is 14.2. The van der Waals surface area contributed by atoms with Gasteiger partial charge in [0.2, 0.25) is 0 Å². The number of sulfone groups is 1. The van der Waals surface area contributed by atoms with Crippen LogP contribution in [-0.2, 0) is 21.0 Å². The molecule has 0 unspecified atom stereocenters. The highest BCUT2D eigenvalue weighted by Gasteiger charge is 2.27. The number of ether oxygens (including phenoxy) is 1. The Bertz CT molecular complexity index is 1370. The molecule has 0 atom stereocenters. The number of amides is 1. The predicted molar refractivity (Wildman–Crippen MR) is 145 cm³/mol. The molecule has 0 bridgehead atoms. The number of benzene rings is 2. The number of carbonyl (C=O) groups excluding carboxylic acids is 1. The highest BCUT2D eigenvalue weighted by Crippen LogP contribution is 2.27. The first-order valence-electron chi connectivity index (χ1n) is 12.3. The van der Waals surface area contributed by atoms with Crippen molar-refractivity contribution in [1.29, 1.82) is 0 Å². The van der Waals surface area contributed by atoms with Crippen LogP contribution >= 0.6 is 0 Å². The maximum atomic E-state index is 12.4. The lowest BCUT2D eigenvalue weighted by Gasteiger charge is -2.36. The summed E-state index contributed by atoms with van der Waals surface area (Å²) >= 11 is 0. The van der Waals surface area contributed by atoms with Crippen LogP contribution in [0.4, 0.5) is 10.6 Å². The molecule has 1 aliphatic heterocycles. The molecule has 0 spiro atoms. The molecule has 0 aliphatic carbocycles. The second-order valence-corrected chi connectivity index (χ2v) is 12.4.